The zero-order chi connectivity index (χ0) is 18.2. The summed E-state index contributed by atoms with van der Waals surface area (Å²) in [5, 5.41) is 3.22. The Morgan fingerprint density at radius 3 is 2.44 bits per heavy atom. The van der Waals surface area contributed by atoms with Gasteiger partial charge in [0.15, 0.2) is 11.7 Å². The van der Waals surface area contributed by atoms with Crippen LogP contribution in [0, 0.1) is 5.92 Å². The summed E-state index contributed by atoms with van der Waals surface area (Å²) in [6.07, 6.45) is 2.98. The molecule has 2 aromatic rings. The molecular formula is C20H31N3OS. The van der Waals surface area contributed by atoms with Gasteiger partial charge in [0.2, 0.25) is 0 Å². The molecule has 2 rings (SSSR count). The lowest BCUT2D eigenvalue weighted by atomic mass is 10.2. The predicted molar refractivity (Wildman–Crippen MR) is 107 cm³/mol. The van der Waals surface area contributed by atoms with Crippen LogP contribution in [0.4, 0.5) is 0 Å². The molecule has 1 aromatic carbocycles. The van der Waals surface area contributed by atoms with E-state index in [9.17, 15) is 0 Å². The molecule has 25 heavy (non-hydrogen) atoms. The fourth-order valence-corrected chi connectivity index (χ4v) is 3.68. The van der Waals surface area contributed by atoms with Gasteiger partial charge in [-0.15, -0.1) is 0 Å². The van der Waals surface area contributed by atoms with Gasteiger partial charge in [-0.05, 0) is 50.0 Å². The van der Waals surface area contributed by atoms with Crippen LogP contribution in [0.5, 0.6) is 0 Å². The first-order valence-electron chi connectivity index (χ1n) is 9.13. The van der Waals surface area contributed by atoms with E-state index in [1.54, 1.807) is 0 Å². The summed E-state index contributed by atoms with van der Waals surface area (Å²) < 4.78 is 8.30. The second-order valence-electron chi connectivity index (χ2n) is 7.07. The van der Waals surface area contributed by atoms with Gasteiger partial charge in [0, 0.05) is 29.5 Å². The fourth-order valence-electron chi connectivity index (χ4n) is 2.53. The quantitative estimate of drug-likeness (QED) is 0.474. The first-order valence-corrected chi connectivity index (χ1v) is 9.90. The van der Waals surface area contributed by atoms with Gasteiger partial charge in [0.25, 0.3) is 0 Å². The van der Waals surface area contributed by atoms with E-state index in [1.165, 1.54) is 4.90 Å². The van der Waals surface area contributed by atoms with E-state index in [-0.39, 0.29) is 0 Å². The molecule has 0 saturated carbocycles. The van der Waals surface area contributed by atoms with Crippen LogP contribution in [0.1, 0.15) is 45.9 Å². The molecule has 0 aliphatic carbocycles. The van der Waals surface area contributed by atoms with Gasteiger partial charge >= 0.3 is 0 Å². The lowest BCUT2D eigenvalue weighted by molar-refractivity contribution is 0.398. The van der Waals surface area contributed by atoms with Crippen LogP contribution >= 0.6 is 11.9 Å². The average molecular weight is 362 g/mol. The van der Waals surface area contributed by atoms with E-state index >= 15 is 0 Å². The maximum atomic E-state index is 5.83. The van der Waals surface area contributed by atoms with Gasteiger partial charge in [-0.25, -0.2) is 9.29 Å². The number of hydrogen-bond donors (Lipinski definition) is 1. The monoisotopic (exact) mass is 361 g/mol. The lowest BCUT2D eigenvalue weighted by Crippen LogP contribution is -2.24. The maximum absolute atomic E-state index is 5.83. The van der Waals surface area contributed by atoms with Crippen molar-refractivity contribution >= 4 is 11.9 Å². The number of hydrogen-bond acceptors (Lipinski definition) is 5. The van der Waals surface area contributed by atoms with Crippen LogP contribution in [0.15, 0.2) is 39.8 Å². The van der Waals surface area contributed by atoms with Crippen LogP contribution in [0.2, 0.25) is 0 Å². The zero-order valence-electron chi connectivity index (χ0n) is 16.1. The number of benzene rings is 1. The Balaban J connectivity index is 2.01. The number of nitrogens with one attached hydrogen (secondary N) is 1. The van der Waals surface area contributed by atoms with E-state index in [4.69, 9.17) is 4.42 Å². The van der Waals surface area contributed by atoms with Crippen molar-refractivity contribution in [1.29, 1.82) is 0 Å². The number of aromatic nitrogens is 1. The SMILES string of the molecule is CNCCCN(CC(C)C)Sc1ccc(-c2cnc(C(C)C)o2)cc1. The van der Waals surface area contributed by atoms with Crippen molar-refractivity contribution in [3.63, 3.8) is 0 Å². The highest BCUT2D eigenvalue weighted by Gasteiger charge is 2.11. The van der Waals surface area contributed by atoms with E-state index in [2.05, 4.69) is 66.6 Å². The Morgan fingerprint density at radius 2 is 1.88 bits per heavy atom. The smallest absolute Gasteiger partial charge is 0.197 e. The molecule has 138 valence electrons. The summed E-state index contributed by atoms with van der Waals surface area (Å²) in [6, 6.07) is 8.58. The molecule has 0 bridgehead atoms. The van der Waals surface area contributed by atoms with Crippen molar-refractivity contribution in [3.05, 3.63) is 36.4 Å². The van der Waals surface area contributed by atoms with Gasteiger partial charge in [-0.2, -0.15) is 0 Å². The normalized spacial score (nSPS) is 11.8. The molecule has 1 heterocycles. The van der Waals surface area contributed by atoms with E-state index in [0.29, 0.717) is 11.8 Å². The van der Waals surface area contributed by atoms with Crippen molar-refractivity contribution in [2.45, 2.75) is 44.9 Å². The summed E-state index contributed by atoms with van der Waals surface area (Å²) in [6.45, 7) is 12.0. The lowest BCUT2D eigenvalue weighted by Gasteiger charge is -2.23. The molecule has 0 aliphatic rings. The Morgan fingerprint density at radius 1 is 1.16 bits per heavy atom. The number of oxazole rings is 1. The summed E-state index contributed by atoms with van der Waals surface area (Å²) in [5.74, 6) is 2.60. The summed E-state index contributed by atoms with van der Waals surface area (Å²) in [4.78, 5) is 5.61. The Labute approximate surface area is 156 Å². The summed E-state index contributed by atoms with van der Waals surface area (Å²) in [5.41, 5.74) is 1.08. The largest absolute Gasteiger partial charge is 0.440 e. The summed E-state index contributed by atoms with van der Waals surface area (Å²) >= 11 is 1.84. The molecule has 0 spiro atoms. The second-order valence-corrected chi connectivity index (χ2v) is 8.24. The predicted octanol–water partition coefficient (Wildman–Crippen LogP) is 5.04. The van der Waals surface area contributed by atoms with E-state index < -0.39 is 0 Å². The van der Waals surface area contributed by atoms with Gasteiger partial charge in [-0.1, -0.05) is 39.8 Å². The van der Waals surface area contributed by atoms with Crippen LogP contribution in [-0.4, -0.2) is 36.0 Å². The third-order valence-electron chi connectivity index (χ3n) is 3.79. The minimum absolute atomic E-state index is 0.311. The molecule has 5 heteroatoms. The highest BCUT2D eigenvalue weighted by Crippen LogP contribution is 2.28. The van der Waals surface area contributed by atoms with E-state index in [1.807, 2.05) is 25.2 Å². The minimum atomic E-state index is 0.311. The molecule has 0 radical (unpaired) electrons. The molecule has 0 atom stereocenters. The van der Waals surface area contributed by atoms with Gasteiger partial charge in [0.05, 0.1) is 6.20 Å². The Kier molecular flexibility index (Phi) is 8.00. The first-order chi connectivity index (χ1) is 12.0. The van der Waals surface area contributed by atoms with Crippen molar-refractivity contribution in [2.75, 3.05) is 26.7 Å². The minimum Gasteiger partial charge on any atom is -0.440 e. The third-order valence-corrected chi connectivity index (χ3v) is 4.87. The maximum Gasteiger partial charge on any atom is 0.197 e. The Hall–Kier alpha value is -1.30. The van der Waals surface area contributed by atoms with Crippen LogP contribution in [0.3, 0.4) is 0 Å². The molecule has 1 aromatic heterocycles. The third kappa shape index (κ3) is 6.49. The average Bonchev–Trinajstić information content (AvgIpc) is 3.05. The van der Waals surface area contributed by atoms with Crippen LogP contribution < -0.4 is 5.32 Å². The molecule has 0 amide bonds. The number of nitrogens with zero attached hydrogens (tertiary/aromatic N) is 2. The zero-order valence-corrected chi connectivity index (χ0v) is 16.9. The molecule has 4 nitrogen and oxygen atoms in total. The molecule has 0 fully saturated rings. The van der Waals surface area contributed by atoms with Crippen molar-refractivity contribution in [3.8, 4) is 11.3 Å². The van der Waals surface area contributed by atoms with Crippen LogP contribution in [0.25, 0.3) is 11.3 Å². The fraction of sp³-hybridized carbons (Fsp3) is 0.550. The first kappa shape index (κ1) is 20.0. The van der Waals surface area contributed by atoms with Gasteiger partial charge < -0.3 is 9.73 Å². The van der Waals surface area contributed by atoms with Gasteiger partial charge in [0.1, 0.15) is 0 Å². The van der Waals surface area contributed by atoms with Crippen molar-refractivity contribution in [2.24, 2.45) is 5.92 Å². The second kappa shape index (κ2) is 10.00. The standard InChI is InChI=1S/C20H31N3OS/c1-15(2)14-23(12-6-11-21-5)25-18-9-7-17(8-10-18)19-13-22-20(24-19)16(3)4/h7-10,13,15-16,21H,6,11-12,14H2,1-5H3. The van der Waals surface area contributed by atoms with Crippen molar-refractivity contribution < 1.29 is 4.42 Å². The highest BCUT2D eigenvalue weighted by atomic mass is 32.2. The molecule has 0 aliphatic heterocycles. The molecule has 1 N–H and O–H groups in total. The number of rotatable bonds is 10. The van der Waals surface area contributed by atoms with Crippen molar-refractivity contribution in [1.82, 2.24) is 14.6 Å². The Bertz CT molecular complexity index is 622. The molecular weight excluding hydrogens is 330 g/mol. The highest BCUT2D eigenvalue weighted by molar-refractivity contribution is 7.97. The topological polar surface area (TPSA) is 41.3 Å². The molecule has 0 unspecified atom stereocenters. The van der Waals surface area contributed by atoms with Crippen LogP contribution in [-0.2, 0) is 0 Å². The summed E-state index contributed by atoms with van der Waals surface area (Å²) in [7, 11) is 2.01. The van der Waals surface area contributed by atoms with Gasteiger partial charge in [-0.3, -0.25) is 0 Å². The molecule has 0 saturated heterocycles. The van der Waals surface area contributed by atoms with E-state index in [0.717, 1.165) is 43.3 Å².